The van der Waals surface area contributed by atoms with Crippen LogP contribution < -0.4 is 5.73 Å². The molecule has 1 fully saturated rings. The van der Waals surface area contributed by atoms with Gasteiger partial charge in [-0.15, -0.1) is 11.3 Å². The van der Waals surface area contributed by atoms with Gasteiger partial charge in [-0.1, -0.05) is 13.8 Å². The first-order chi connectivity index (χ1) is 7.60. The average molecular weight is 240 g/mol. The molecule has 0 aromatic carbocycles. The molecule has 2 rings (SSSR count). The number of thiazole rings is 1. The topological polar surface area (TPSA) is 48.1 Å². The molecule has 1 aliphatic rings. The Labute approximate surface area is 101 Å². The molecule has 0 bridgehead atoms. The molecule has 16 heavy (non-hydrogen) atoms. The van der Waals surface area contributed by atoms with Crippen molar-refractivity contribution < 1.29 is 4.74 Å². The van der Waals surface area contributed by atoms with Crippen LogP contribution >= 0.6 is 11.3 Å². The number of hydrogen-bond donors (Lipinski definition) is 1. The second-order valence-electron chi connectivity index (χ2n) is 4.99. The van der Waals surface area contributed by atoms with E-state index in [-0.39, 0.29) is 5.54 Å². The molecule has 4 heteroatoms. The van der Waals surface area contributed by atoms with Crippen LogP contribution in [0.5, 0.6) is 0 Å². The van der Waals surface area contributed by atoms with E-state index in [2.05, 4.69) is 24.2 Å². The molecule has 0 saturated carbocycles. The number of hydrogen-bond acceptors (Lipinski definition) is 4. The van der Waals surface area contributed by atoms with Gasteiger partial charge in [0.15, 0.2) is 0 Å². The number of ether oxygens (including phenoxy) is 1. The third-order valence-corrected chi connectivity index (χ3v) is 3.90. The van der Waals surface area contributed by atoms with Gasteiger partial charge in [0.05, 0.1) is 16.2 Å². The van der Waals surface area contributed by atoms with Crippen LogP contribution in [0.2, 0.25) is 0 Å². The van der Waals surface area contributed by atoms with Crippen LogP contribution in [-0.4, -0.2) is 18.2 Å². The summed E-state index contributed by atoms with van der Waals surface area (Å²) in [4.78, 5) is 4.68. The lowest BCUT2D eigenvalue weighted by Gasteiger charge is -2.31. The minimum atomic E-state index is -0.246. The SMILES string of the molecule is CC(C)Cc1nc(C2(N)CCOCC2)cs1. The van der Waals surface area contributed by atoms with E-state index in [1.807, 2.05) is 0 Å². The molecule has 0 spiro atoms. The summed E-state index contributed by atoms with van der Waals surface area (Å²) in [5, 5.41) is 3.34. The molecule has 0 atom stereocenters. The van der Waals surface area contributed by atoms with Crippen molar-refractivity contribution in [2.75, 3.05) is 13.2 Å². The summed E-state index contributed by atoms with van der Waals surface area (Å²) in [5.74, 6) is 0.655. The van der Waals surface area contributed by atoms with Gasteiger partial charge in [0.2, 0.25) is 0 Å². The lowest BCUT2D eigenvalue weighted by molar-refractivity contribution is 0.0509. The summed E-state index contributed by atoms with van der Waals surface area (Å²) in [5.41, 5.74) is 7.21. The summed E-state index contributed by atoms with van der Waals surface area (Å²) in [6, 6.07) is 0. The van der Waals surface area contributed by atoms with Gasteiger partial charge in [0.25, 0.3) is 0 Å². The van der Waals surface area contributed by atoms with Crippen molar-refractivity contribution in [2.24, 2.45) is 11.7 Å². The highest BCUT2D eigenvalue weighted by atomic mass is 32.1. The number of nitrogens with two attached hydrogens (primary N) is 1. The van der Waals surface area contributed by atoms with Crippen LogP contribution in [-0.2, 0) is 16.7 Å². The Balaban J connectivity index is 2.10. The first-order valence-corrected chi connectivity index (χ1v) is 6.80. The Hall–Kier alpha value is -0.450. The molecule has 0 radical (unpaired) electrons. The Kier molecular flexibility index (Phi) is 3.62. The number of rotatable bonds is 3. The van der Waals surface area contributed by atoms with Crippen LogP contribution in [0.3, 0.4) is 0 Å². The summed E-state index contributed by atoms with van der Waals surface area (Å²) < 4.78 is 5.35. The van der Waals surface area contributed by atoms with Crippen molar-refractivity contribution in [3.05, 3.63) is 16.1 Å². The predicted octanol–water partition coefficient (Wildman–Crippen LogP) is 2.31. The van der Waals surface area contributed by atoms with E-state index in [1.165, 1.54) is 5.01 Å². The first-order valence-electron chi connectivity index (χ1n) is 5.92. The van der Waals surface area contributed by atoms with Gasteiger partial charge in [0, 0.05) is 25.0 Å². The van der Waals surface area contributed by atoms with Crippen LogP contribution in [0.4, 0.5) is 0 Å². The largest absolute Gasteiger partial charge is 0.381 e. The van der Waals surface area contributed by atoms with Gasteiger partial charge < -0.3 is 10.5 Å². The zero-order valence-electron chi connectivity index (χ0n) is 10.0. The van der Waals surface area contributed by atoms with Gasteiger partial charge in [-0.2, -0.15) is 0 Å². The zero-order valence-corrected chi connectivity index (χ0v) is 10.8. The monoisotopic (exact) mass is 240 g/mol. The van der Waals surface area contributed by atoms with Crippen LogP contribution in [0, 0.1) is 5.92 Å². The van der Waals surface area contributed by atoms with Crippen molar-refractivity contribution in [1.29, 1.82) is 0 Å². The molecule has 1 aromatic rings. The van der Waals surface area contributed by atoms with Crippen molar-refractivity contribution >= 4 is 11.3 Å². The average Bonchev–Trinajstić information content (AvgIpc) is 2.67. The second-order valence-corrected chi connectivity index (χ2v) is 5.94. The molecule has 0 aliphatic carbocycles. The maximum absolute atomic E-state index is 6.39. The summed E-state index contributed by atoms with van der Waals surface area (Å²) in [6.45, 7) is 5.95. The molecule has 1 saturated heterocycles. The fourth-order valence-corrected chi connectivity index (χ4v) is 3.09. The number of nitrogens with zero attached hydrogens (tertiary/aromatic N) is 1. The molecule has 0 unspecified atom stereocenters. The highest BCUT2D eigenvalue weighted by Gasteiger charge is 2.32. The molecular formula is C12H20N2OS. The molecule has 1 aliphatic heterocycles. The standard InChI is InChI=1S/C12H20N2OS/c1-9(2)7-11-14-10(8-16-11)12(13)3-5-15-6-4-12/h8-9H,3-7,13H2,1-2H3. The van der Waals surface area contributed by atoms with E-state index < -0.39 is 0 Å². The van der Waals surface area contributed by atoms with Crippen molar-refractivity contribution in [1.82, 2.24) is 4.98 Å². The van der Waals surface area contributed by atoms with E-state index in [9.17, 15) is 0 Å². The highest BCUT2D eigenvalue weighted by molar-refractivity contribution is 7.09. The van der Waals surface area contributed by atoms with Crippen LogP contribution in [0.15, 0.2) is 5.38 Å². The highest BCUT2D eigenvalue weighted by Crippen LogP contribution is 2.30. The van der Waals surface area contributed by atoms with E-state index >= 15 is 0 Å². The van der Waals surface area contributed by atoms with Gasteiger partial charge in [-0.3, -0.25) is 0 Å². The summed E-state index contributed by atoms with van der Waals surface area (Å²) in [6.07, 6.45) is 2.83. The Bertz CT molecular complexity index is 343. The van der Waals surface area contributed by atoms with Crippen molar-refractivity contribution in [3.8, 4) is 0 Å². The molecule has 2 heterocycles. The van der Waals surface area contributed by atoms with E-state index in [0.29, 0.717) is 5.92 Å². The predicted molar refractivity (Wildman–Crippen MR) is 66.6 cm³/mol. The summed E-state index contributed by atoms with van der Waals surface area (Å²) >= 11 is 1.74. The molecule has 0 amide bonds. The van der Waals surface area contributed by atoms with Crippen molar-refractivity contribution in [2.45, 2.75) is 38.6 Å². The third kappa shape index (κ3) is 2.62. The number of aromatic nitrogens is 1. The molecule has 1 aromatic heterocycles. The molecule has 2 N–H and O–H groups in total. The summed E-state index contributed by atoms with van der Waals surface area (Å²) in [7, 11) is 0. The van der Waals surface area contributed by atoms with E-state index in [0.717, 1.165) is 38.2 Å². The van der Waals surface area contributed by atoms with E-state index in [4.69, 9.17) is 10.5 Å². The smallest absolute Gasteiger partial charge is 0.0931 e. The Morgan fingerprint density at radius 1 is 1.50 bits per heavy atom. The quantitative estimate of drug-likeness (QED) is 0.882. The first kappa shape index (κ1) is 12.0. The van der Waals surface area contributed by atoms with Gasteiger partial charge in [0.1, 0.15) is 0 Å². The minimum Gasteiger partial charge on any atom is -0.381 e. The maximum atomic E-state index is 6.39. The molecular weight excluding hydrogens is 220 g/mol. The lowest BCUT2D eigenvalue weighted by atomic mass is 9.88. The van der Waals surface area contributed by atoms with E-state index in [1.54, 1.807) is 11.3 Å². The van der Waals surface area contributed by atoms with Gasteiger partial charge >= 0.3 is 0 Å². The maximum Gasteiger partial charge on any atom is 0.0931 e. The third-order valence-electron chi connectivity index (χ3n) is 3.03. The zero-order chi connectivity index (χ0) is 11.6. The van der Waals surface area contributed by atoms with Gasteiger partial charge in [-0.25, -0.2) is 4.98 Å². The fraction of sp³-hybridized carbons (Fsp3) is 0.750. The Morgan fingerprint density at radius 3 is 2.81 bits per heavy atom. The lowest BCUT2D eigenvalue weighted by Crippen LogP contribution is -2.42. The van der Waals surface area contributed by atoms with Crippen LogP contribution in [0.25, 0.3) is 0 Å². The van der Waals surface area contributed by atoms with Gasteiger partial charge in [-0.05, 0) is 18.8 Å². The van der Waals surface area contributed by atoms with Crippen molar-refractivity contribution in [3.63, 3.8) is 0 Å². The molecule has 90 valence electrons. The second kappa shape index (κ2) is 4.82. The Morgan fingerprint density at radius 2 is 2.19 bits per heavy atom. The molecule has 3 nitrogen and oxygen atoms in total. The normalized spacial score (nSPS) is 20.2. The minimum absolute atomic E-state index is 0.246. The van der Waals surface area contributed by atoms with Crippen LogP contribution in [0.1, 0.15) is 37.4 Å². The fourth-order valence-electron chi connectivity index (χ4n) is 1.97.